The molecule has 0 bridgehead atoms. The molecule has 0 aliphatic heterocycles. The second-order valence-electron chi connectivity index (χ2n) is 8.88. The Labute approximate surface area is 217 Å². The number of unbranched alkanes of at least 4 members (excludes halogenated alkanes) is 6. The quantitative estimate of drug-likeness (QED) is 0.105. The molecule has 0 aliphatic rings. The van der Waals surface area contributed by atoms with Gasteiger partial charge in [0.1, 0.15) is 0 Å². The van der Waals surface area contributed by atoms with Gasteiger partial charge in [-0.3, -0.25) is 19.5 Å². The molecule has 0 saturated carbocycles. The van der Waals surface area contributed by atoms with Gasteiger partial charge in [0.25, 0.3) is 5.69 Å². The number of carbonyl (C=O) groups excluding carboxylic acids is 1. The van der Waals surface area contributed by atoms with Crippen LogP contribution in [0, 0.1) is 10.1 Å². The molecule has 9 heteroatoms. The molecule has 3 rings (SSSR count). The van der Waals surface area contributed by atoms with E-state index in [1.807, 2.05) is 41.8 Å². The normalized spacial score (nSPS) is 11.8. The van der Waals surface area contributed by atoms with Crippen molar-refractivity contribution in [2.24, 2.45) is 0 Å². The smallest absolute Gasteiger partial charge is 0.269 e. The number of nitro groups is 1. The first kappa shape index (κ1) is 27.4. The minimum atomic E-state index is -0.422. The molecule has 1 heterocycles. The number of hydrogen-bond acceptors (Lipinski definition) is 6. The standard InChI is InChI=1S/C27H35N5O3S/c1-3-4-5-6-7-8-12-15-25(33)28-21(2)26-29-30-27(36-20-22-13-10-9-11-14-22)31(26)23-16-18-24(19-17-23)32(34)35/h9-11,13-14,16-19,21H,3-8,12,15,20H2,1-2H3,(H,28,33). The second-order valence-corrected chi connectivity index (χ2v) is 9.83. The van der Waals surface area contributed by atoms with Gasteiger partial charge in [0.2, 0.25) is 5.91 Å². The van der Waals surface area contributed by atoms with Gasteiger partial charge in [0.05, 0.1) is 11.0 Å². The van der Waals surface area contributed by atoms with Gasteiger partial charge in [-0.05, 0) is 31.0 Å². The summed E-state index contributed by atoms with van der Waals surface area (Å²) in [6, 6.07) is 16.0. The lowest BCUT2D eigenvalue weighted by Gasteiger charge is -2.16. The van der Waals surface area contributed by atoms with E-state index in [0.29, 0.717) is 28.8 Å². The Hall–Kier alpha value is -3.20. The minimum absolute atomic E-state index is 0.00667. The summed E-state index contributed by atoms with van der Waals surface area (Å²) in [7, 11) is 0. The van der Waals surface area contributed by atoms with E-state index in [2.05, 4.69) is 22.4 Å². The first-order chi connectivity index (χ1) is 17.5. The van der Waals surface area contributed by atoms with Crippen molar-refractivity contribution in [3.8, 4) is 5.69 Å². The molecule has 0 radical (unpaired) electrons. The first-order valence-corrected chi connectivity index (χ1v) is 13.6. The van der Waals surface area contributed by atoms with E-state index in [9.17, 15) is 14.9 Å². The number of carbonyl (C=O) groups is 1. The number of hydrogen-bond donors (Lipinski definition) is 1. The zero-order valence-electron chi connectivity index (χ0n) is 21.1. The van der Waals surface area contributed by atoms with Gasteiger partial charge < -0.3 is 5.32 Å². The Bertz CT molecular complexity index is 1100. The van der Waals surface area contributed by atoms with Crippen molar-refractivity contribution < 1.29 is 9.72 Å². The molecule has 2 aromatic carbocycles. The van der Waals surface area contributed by atoms with E-state index < -0.39 is 4.92 Å². The van der Waals surface area contributed by atoms with Crippen LogP contribution in [0.2, 0.25) is 0 Å². The van der Waals surface area contributed by atoms with Crippen LogP contribution in [0.15, 0.2) is 59.8 Å². The molecule has 0 saturated heterocycles. The minimum Gasteiger partial charge on any atom is -0.346 e. The molecule has 36 heavy (non-hydrogen) atoms. The fourth-order valence-electron chi connectivity index (χ4n) is 3.96. The van der Waals surface area contributed by atoms with E-state index in [4.69, 9.17) is 0 Å². The van der Waals surface area contributed by atoms with Gasteiger partial charge >= 0.3 is 0 Å². The summed E-state index contributed by atoms with van der Waals surface area (Å²) >= 11 is 1.53. The predicted octanol–water partition coefficient (Wildman–Crippen LogP) is 6.79. The summed E-state index contributed by atoms with van der Waals surface area (Å²) < 4.78 is 1.87. The molecule has 1 aromatic heterocycles. The number of non-ortho nitro benzene ring substituents is 1. The molecule has 1 amide bonds. The molecule has 0 aliphatic carbocycles. The van der Waals surface area contributed by atoms with Crippen LogP contribution in [-0.4, -0.2) is 25.6 Å². The van der Waals surface area contributed by atoms with Gasteiger partial charge in [0, 0.05) is 30.0 Å². The van der Waals surface area contributed by atoms with E-state index in [0.717, 1.165) is 18.4 Å². The molecule has 192 valence electrons. The van der Waals surface area contributed by atoms with Crippen molar-refractivity contribution in [1.82, 2.24) is 20.1 Å². The van der Waals surface area contributed by atoms with Crippen molar-refractivity contribution in [1.29, 1.82) is 0 Å². The highest BCUT2D eigenvalue weighted by Crippen LogP contribution is 2.28. The largest absolute Gasteiger partial charge is 0.346 e. The molecular formula is C27H35N5O3S. The molecule has 0 spiro atoms. The number of thioether (sulfide) groups is 1. The van der Waals surface area contributed by atoms with Crippen LogP contribution >= 0.6 is 11.8 Å². The lowest BCUT2D eigenvalue weighted by atomic mass is 10.1. The van der Waals surface area contributed by atoms with Crippen LogP contribution in [0.1, 0.15) is 82.6 Å². The van der Waals surface area contributed by atoms with E-state index >= 15 is 0 Å². The van der Waals surface area contributed by atoms with Gasteiger partial charge in [0.15, 0.2) is 11.0 Å². The van der Waals surface area contributed by atoms with Gasteiger partial charge in [-0.15, -0.1) is 10.2 Å². The summed E-state index contributed by atoms with van der Waals surface area (Å²) in [5.41, 5.74) is 1.88. The topological polar surface area (TPSA) is 103 Å². The molecule has 1 N–H and O–H groups in total. The zero-order chi connectivity index (χ0) is 25.8. The zero-order valence-corrected chi connectivity index (χ0v) is 21.9. The fourth-order valence-corrected chi connectivity index (χ4v) is 4.88. The predicted molar refractivity (Wildman–Crippen MR) is 143 cm³/mol. The number of nitrogens with zero attached hydrogens (tertiary/aromatic N) is 4. The third-order valence-electron chi connectivity index (χ3n) is 5.96. The molecule has 3 aromatic rings. The summed E-state index contributed by atoms with van der Waals surface area (Å²) in [6.45, 7) is 4.10. The van der Waals surface area contributed by atoms with Gasteiger partial charge in [-0.2, -0.15) is 0 Å². The number of rotatable bonds is 15. The highest BCUT2D eigenvalue weighted by Gasteiger charge is 2.21. The first-order valence-electron chi connectivity index (χ1n) is 12.7. The Morgan fingerprint density at radius 3 is 2.33 bits per heavy atom. The number of aromatic nitrogens is 3. The fraction of sp³-hybridized carbons (Fsp3) is 0.444. The van der Waals surface area contributed by atoms with Crippen molar-refractivity contribution in [3.63, 3.8) is 0 Å². The Morgan fingerprint density at radius 2 is 1.67 bits per heavy atom. The molecule has 0 fully saturated rings. The van der Waals surface area contributed by atoms with Crippen LogP contribution in [0.4, 0.5) is 5.69 Å². The lowest BCUT2D eigenvalue weighted by Crippen LogP contribution is -2.28. The number of benzene rings is 2. The molecule has 1 atom stereocenters. The number of nitrogens with one attached hydrogen (secondary N) is 1. The summed E-state index contributed by atoms with van der Waals surface area (Å²) in [6.07, 6.45) is 8.59. The van der Waals surface area contributed by atoms with Crippen molar-refractivity contribution >= 4 is 23.4 Å². The average Bonchev–Trinajstić information content (AvgIpc) is 3.31. The number of nitro benzene ring substituents is 1. The van der Waals surface area contributed by atoms with Gasteiger partial charge in [-0.1, -0.05) is 87.5 Å². The van der Waals surface area contributed by atoms with E-state index in [1.165, 1.54) is 56.0 Å². The third kappa shape index (κ3) is 8.19. The second kappa shape index (κ2) is 14.4. The Morgan fingerprint density at radius 1 is 1.00 bits per heavy atom. The molecule has 8 nitrogen and oxygen atoms in total. The van der Waals surface area contributed by atoms with Crippen molar-refractivity contribution in [2.75, 3.05) is 0 Å². The third-order valence-corrected chi connectivity index (χ3v) is 6.96. The maximum atomic E-state index is 12.6. The summed E-state index contributed by atoms with van der Waals surface area (Å²) in [5, 5.41) is 23.6. The van der Waals surface area contributed by atoms with Crippen LogP contribution in [0.5, 0.6) is 0 Å². The Balaban J connectivity index is 1.69. The maximum absolute atomic E-state index is 12.6. The molecular weight excluding hydrogens is 474 g/mol. The monoisotopic (exact) mass is 509 g/mol. The van der Waals surface area contributed by atoms with Crippen LogP contribution in [0.3, 0.4) is 0 Å². The van der Waals surface area contributed by atoms with E-state index in [1.54, 1.807) is 12.1 Å². The molecule has 1 unspecified atom stereocenters. The van der Waals surface area contributed by atoms with Crippen molar-refractivity contribution in [3.05, 3.63) is 76.1 Å². The van der Waals surface area contributed by atoms with Gasteiger partial charge in [-0.25, -0.2) is 0 Å². The lowest BCUT2D eigenvalue weighted by molar-refractivity contribution is -0.384. The van der Waals surface area contributed by atoms with Crippen LogP contribution in [-0.2, 0) is 10.5 Å². The highest BCUT2D eigenvalue weighted by molar-refractivity contribution is 7.98. The summed E-state index contributed by atoms with van der Waals surface area (Å²) in [4.78, 5) is 23.3. The highest BCUT2D eigenvalue weighted by atomic mass is 32.2. The van der Waals surface area contributed by atoms with Crippen LogP contribution < -0.4 is 5.32 Å². The van der Waals surface area contributed by atoms with E-state index in [-0.39, 0.29) is 17.6 Å². The number of amides is 1. The average molecular weight is 510 g/mol. The Kier molecular flexibility index (Phi) is 10.9. The van der Waals surface area contributed by atoms with Crippen LogP contribution in [0.25, 0.3) is 5.69 Å². The summed E-state index contributed by atoms with van der Waals surface area (Å²) in [5.74, 6) is 1.28. The maximum Gasteiger partial charge on any atom is 0.269 e. The van der Waals surface area contributed by atoms with Crippen molar-refractivity contribution in [2.45, 2.75) is 82.2 Å². The SMILES string of the molecule is CCCCCCCCCC(=O)NC(C)c1nnc(SCc2ccccc2)n1-c1ccc([N+](=O)[O-])cc1.